The molecule has 0 aromatic heterocycles. The maximum atomic E-state index is 11.1. The molecule has 0 aliphatic carbocycles. The molecule has 0 N–H and O–H groups in total. The Morgan fingerprint density at radius 2 is 1.95 bits per heavy atom. The number of thioether (sulfide) groups is 1. The molecule has 0 unspecified atom stereocenters. The molecular weight excluding hydrogens is 256 g/mol. The van der Waals surface area contributed by atoms with Gasteiger partial charge in [-0.3, -0.25) is 4.79 Å². The van der Waals surface area contributed by atoms with E-state index in [0.717, 1.165) is 28.2 Å². The second kappa shape index (κ2) is 6.43. The molecule has 0 spiro atoms. The van der Waals surface area contributed by atoms with Crippen LogP contribution in [0, 0.1) is 6.92 Å². The van der Waals surface area contributed by atoms with Gasteiger partial charge in [0.1, 0.15) is 5.75 Å². The zero-order valence-corrected chi connectivity index (χ0v) is 11.9. The van der Waals surface area contributed by atoms with Crippen molar-refractivity contribution in [3.05, 3.63) is 59.2 Å². The fraction of sp³-hybridized carbons (Fsp3) is 0.188. The van der Waals surface area contributed by atoms with Crippen LogP contribution in [0.3, 0.4) is 0 Å². The highest BCUT2D eigenvalue weighted by Gasteiger charge is 2.08. The van der Waals surface area contributed by atoms with Gasteiger partial charge in [0, 0.05) is 16.2 Å². The number of aldehydes is 1. The zero-order valence-electron chi connectivity index (χ0n) is 11.1. The Bertz CT molecular complexity index is 564. The van der Waals surface area contributed by atoms with Crippen molar-refractivity contribution in [1.82, 2.24) is 0 Å². The van der Waals surface area contributed by atoms with Gasteiger partial charge in [0.15, 0.2) is 6.29 Å². The van der Waals surface area contributed by atoms with Crippen LogP contribution in [-0.2, 0) is 5.75 Å². The Labute approximate surface area is 117 Å². The van der Waals surface area contributed by atoms with Crippen molar-refractivity contribution in [3.8, 4) is 5.75 Å². The summed E-state index contributed by atoms with van der Waals surface area (Å²) in [5.74, 6) is 1.61. The van der Waals surface area contributed by atoms with Gasteiger partial charge in [-0.1, -0.05) is 30.3 Å². The molecule has 0 radical (unpaired) electrons. The molecule has 0 atom stereocenters. The first kappa shape index (κ1) is 13.7. The van der Waals surface area contributed by atoms with Gasteiger partial charge in [0.05, 0.1) is 7.11 Å². The minimum absolute atomic E-state index is 0.684. The molecule has 3 heteroatoms. The topological polar surface area (TPSA) is 26.3 Å². The van der Waals surface area contributed by atoms with Crippen LogP contribution in [0.5, 0.6) is 5.75 Å². The molecule has 0 aliphatic rings. The number of hydrogen-bond acceptors (Lipinski definition) is 3. The Kier molecular flexibility index (Phi) is 4.63. The lowest BCUT2D eigenvalue weighted by atomic mass is 10.1. The molecule has 98 valence electrons. The second-order valence-corrected chi connectivity index (χ2v) is 5.27. The number of aryl methyl sites for hydroxylation is 1. The number of carbonyl (C=O) groups is 1. The van der Waals surface area contributed by atoms with E-state index < -0.39 is 0 Å². The molecule has 2 nitrogen and oxygen atoms in total. The molecule has 2 aromatic carbocycles. The minimum atomic E-state index is 0.684. The van der Waals surface area contributed by atoms with Crippen LogP contribution in [0.1, 0.15) is 21.5 Å². The summed E-state index contributed by atoms with van der Waals surface area (Å²) in [4.78, 5) is 12.1. The number of hydrogen-bond donors (Lipinski definition) is 0. The van der Waals surface area contributed by atoms with E-state index >= 15 is 0 Å². The van der Waals surface area contributed by atoms with Gasteiger partial charge in [0.2, 0.25) is 0 Å². The second-order valence-electron chi connectivity index (χ2n) is 4.25. The quantitative estimate of drug-likeness (QED) is 0.605. The van der Waals surface area contributed by atoms with E-state index in [0.29, 0.717) is 5.56 Å². The fourth-order valence-electron chi connectivity index (χ4n) is 1.85. The fourth-order valence-corrected chi connectivity index (χ4v) is 2.90. The van der Waals surface area contributed by atoms with Crippen molar-refractivity contribution in [2.75, 3.05) is 7.11 Å². The predicted octanol–water partition coefficient (Wildman–Crippen LogP) is 4.11. The van der Waals surface area contributed by atoms with Crippen molar-refractivity contribution in [3.63, 3.8) is 0 Å². The molecular formula is C16H16O2S. The van der Waals surface area contributed by atoms with Crippen molar-refractivity contribution in [1.29, 1.82) is 0 Å². The van der Waals surface area contributed by atoms with Crippen LogP contribution >= 0.6 is 11.8 Å². The molecule has 2 aromatic rings. The van der Waals surface area contributed by atoms with Gasteiger partial charge in [-0.25, -0.2) is 0 Å². The maximum Gasteiger partial charge on any atom is 0.151 e. The van der Waals surface area contributed by atoms with Crippen molar-refractivity contribution >= 4 is 18.0 Å². The lowest BCUT2D eigenvalue weighted by molar-refractivity contribution is 0.112. The first-order chi connectivity index (χ1) is 9.24. The third kappa shape index (κ3) is 3.38. The van der Waals surface area contributed by atoms with Crippen LogP contribution < -0.4 is 4.74 Å². The first-order valence-corrected chi connectivity index (χ1v) is 7.03. The van der Waals surface area contributed by atoms with E-state index in [1.807, 2.05) is 31.2 Å². The number of rotatable bonds is 5. The third-order valence-corrected chi connectivity index (χ3v) is 4.03. The highest BCUT2D eigenvalue weighted by molar-refractivity contribution is 7.98. The molecule has 0 bridgehead atoms. The summed E-state index contributed by atoms with van der Waals surface area (Å²) in [7, 11) is 1.62. The SMILES string of the molecule is COc1cc(C=O)c(SCc2ccccc2)cc1C. The normalized spacial score (nSPS) is 10.2. The van der Waals surface area contributed by atoms with Gasteiger partial charge in [-0.05, 0) is 30.2 Å². The highest BCUT2D eigenvalue weighted by atomic mass is 32.2. The Morgan fingerprint density at radius 3 is 2.58 bits per heavy atom. The Balaban J connectivity index is 2.20. The molecule has 0 saturated carbocycles. The summed E-state index contributed by atoms with van der Waals surface area (Å²) in [6.07, 6.45) is 0.884. The lowest BCUT2D eigenvalue weighted by Crippen LogP contribution is -1.93. The highest BCUT2D eigenvalue weighted by Crippen LogP contribution is 2.31. The van der Waals surface area contributed by atoms with Gasteiger partial charge < -0.3 is 4.74 Å². The van der Waals surface area contributed by atoms with Gasteiger partial charge >= 0.3 is 0 Å². The smallest absolute Gasteiger partial charge is 0.151 e. The van der Waals surface area contributed by atoms with E-state index in [-0.39, 0.29) is 0 Å². The van der Waals surface area contributed by atoms with Crippen LogP contribution in [0.2, 0.25) is 0 Å². The summed E-state index contributed by atoms with van der Waals surface area (Å²) >= 11 is 1.67. The molecule has 0 aliphatic heterocycles. The van der Waals surface area contributed by atoms with E-state index in [1.165, 1.54) is 5.56 Å². The van der Waals surface area contributed by atoms with E-state index in [4.69, 9.17) is 4.74 Å². The van der Waals surface area contributed by atoms with Gasteiger partial charge in [-0.2, -0.15) is 0 Å². The van der Waals surface area contributed by atoms with Gasteiger partial charge in [-0.15, -0.1) is 11.8 Å². The molecule has 0 heterocycles. The summed E-state index contributed by atoms with van der Waals surface area (Å²) in [5, 5.41) is 0. The van der Waals surface area contributed by atoms with Crippen molar-refractivity contribution < 1.29 is 9.53 Å². The molecule has 0 amide bonds. The Morgan fingerprint density at radius 1 is 1.21 bits per heavy atom. The monoisotopic (exact) mass is 272 g/mol. The average Bonchev–Trinajstić information content (AvgIpc) is 2.46. The summed E-state index contributed by atoms with van der Waals surface area (Å²) < 4.78 is 5.24. The largest absolute Gasteiger partial charge is 0.496 e. The lowest BCUT2D eigenvalue weighted by Gasteiger charge is -2.10. The van der Waals surface area contributed by atoms with E-state index in [9.17, 15) is 4.79 Å². The van der Waals surface area contributed by atoms with Crippen LogP contribution in [0.4, 0.5) is 0 Å². The predicted molar refractivity (Wildman–Crippen MR) is 79.1 cm³/mol. The third-order valence-electron chi connectivity index (χ3n) is 2.89. The first-order valence-electron chi connectivity index (χ1n) is 6.05. The summed E-state index contributed by atoms with van der Waals surface area (Å²) in [6, 6.07) is 14.0. The molecule has 0 saturated heterocycles. The standard InChI is InChI=1S/C16H16O2S/c1-12-8-16(14(10-17)9-15(12)18-2)19-11-13-6-4-3-5-7-13/h3-10H,11H2,1-2H3. The molecule has 0 fully saturated rings. The number of benzene rings is 2. The van der Waals surface area contributed by atoms with E-state index in [1.54, 1.807) is 24.9 Å². The van der Waals surface area contributed by atoms with Gasteiger partial charge in [0.25, 0.3) is 0 Å². The van der Waals surface area contributed by atoms with Crippen LogP contribution in [-0.4, -0.2) is 13.4 Å². The number of carbonyl (C=O) groups excluding carboxylic acids is 1. The van der Waals surface area contributed by atoms with Crippen LogP contribution in [0.25, 0.3) is 0 Å². The van der Waals surface area contributed by atoms with Crippen molar-refractivity contribution in [2.24, 2.45) is 0 Å². The van der Waals surface area contributed by atoms with Crippen LogP contribution in [0.15, 0.2) is 47.4 Å². The average molecular weight is 272 g/mol. The van der Waals surface area contributed by atoms with Crippen molar-refractivity contribution in [2.45, 2.75) is 17.6 Å². The Hall–Kier alpha value is -1.74. The molecule has 2 rings (SSSR count). The minimum Gasteiger partial charge on any atom is -0.496 e. The maximum absolute atomic E-state index is 11.1. The zero-order chi connectivity index (χ0) is 13.7. The number of ether oxygens (including phenoxy) is 1. The molecule has 19 heavy (non-hydrogen) atoms. The number of methoxy groups -OCH3 is 1. The summed E-state index contributed by atoms with van der Waals surface area (Å²) in [5.41, 5.74) is 2.98. The van der Waals surface area contributed by atoms with E-state index in [2.05, 4.69) is 12.1 Å². The summed E-state index contributed by atoms with van der Waals surface area (Å²) in [6.45, 7) is 1.99.